The van der Waals surface area contributed by atoms with Crippen LogP contribution in [0.4, 0.5) is 0 Å². The molecule has 18 heavy (non-hydrogen) atoms. The van der Waals surface area contributed by atoms with Crippen molar-refractivity contribution in [2.24, 2.45) is 5.73 Å². The molecule has 0 saturated carbocycles. The summed E-state index contributed by atoms with van der Waals surface area (Å²) in [7, 11) is 1.35. The van der Waals surface area contributed by atoms with Gasteiger partial charge in [-0.2, -0.15) is 0 Å². The molecule has 0 aliphatic carbocycles. The number of methoxy groups -OCH3 is 1. The third-order valence-corrected chi connectivity index (χ3v) is 2.90. The molecule has 1 unspecified atom stereocenters. The first-order valence-corrected chi connectivity index (χ1v) is 6.60. The SMILES string of the molecule is COC(=O)c1ccc(Br)cc1OCCCC(C)N. The molecule has 0 aliphatic heterocycles. The fourth-order valence-corrected chi connectivity index (χ4v) is 1.82. The summed E-state index contributed by atoms with van der Waals surface area (Å²) >= 11 is 3.35. The maximum Gasteiger partial charge on any atom is 0.341 e. The Kier molecular flexibility index (Phi) is 6.15. The minimum atomic E-state index is -0.398. The molecule has 0 amide bonds. The number of esters is 1. The minimum absolute atomic E-state index is 0.163. The second-order valence-corrected chi connectivity index (χ2v) is 5.02. The number of nitrogens with two attached hydrogens (primary N) is 1. The van der Waals surface area contributed by atoms with Gasteiger partial charge in [0.05, 0.1) is 13.7 Å². The van der Waals surface area contributed by atoms with Crippen molar-refractivity contribution in [3.8, 4) is 5.75 Å². The van der Waals surface area contributed by atoms with Crippen molar-refractivity contribution in [1.82, 2.24) is 0 Å². The van der Waals surface area contributed by atoms with E-state index < -0.39 is 5.97 Å². The predicted octanol–water partition coefficient (Wildman–Crippen LogP) is 2.74. The molecule has 1 aromatic rings. The van der Waals surface area contributed by atoms with Crippen LogP contribution in [0.3, 0.4) is 0 Å². The molecule has 1 atom stereocenters. The highest BCUT2D eigenvalue weighted by Gasteiger charge is 2.13. The normalized spacial score (nSPS) is 12.0. The molecule has 1 rings (SSSR count). The van der Waals surface area contributed by atoms with Gasteiger partial charge in [-0.05, 0) is 38.0 Å². The first kappa shape index (κ1) is 15.0. The maximum absolute atomic E-state index is 11.5. The number of hydrogen-bond donors (Lipinski definition) is 1. The van der Waals surface area contributed by atoms with Crippen LogP contribution in [0.25, 0.3) is 0 Å². The number of carbonyl (C=O) groups is 1. The number of benzene rings is 1. The van der Waals surface area contributed by atoms with E-state index in [9.17, 15) is 4.79 Å². The Balaban J connectivity index is 2.67. The number of hydrogen-bond acceptors (Lipinski definition) is 4. The van der Waals surface area contributed by atoms with E-state index in [0.717, 1.165) is 17.3 Å². The van der Waals surface area contributed by atoms with E-state index >= 15 is 0 Å². The Morgan fingerprint density at radius 1 is 1.50 bits per heavy atom. The topological polar surface area (TPSA) is 61.5 Å². The van der Waals surface area contributed by atoms with Crippen LogP contribution >= 0.6 is 15.9 Å². The van der Waals surface area contributed by atoms with Gasteiger partial charge in [0.15, 0.2) is 0 Å². The van der Waals surface area contributed by atoms with Gasteiger partial charge in [0.1, 0.15) is 11.3 Å². The van der Waals surface area contributed by atoms with Crippen molar-refractivity contribution in [2.75, 3.05) is 13.7 Å². The van der Waals surface area contributed by atoms with Crippen molar-refractivity contribution < 1.29 is 14.3 Å². The lowest BCUT2D eigenvalue weighted by Crippen LogP contribution is -2.16. The van der Waals surface area contributed by atoms with Crippen LogP contribution in [0, 0.1) is 0 Å². The lowest BCUT2D eigenvalue weighted by Gasteiger charge is -2.11. The van der Waals surface area contributed by atoms with Gasteiger partial charge in [0.2, 0.25) is 0 Å². The third kappa shape index (κ3) is 4.66. The van der Waals surface area contributed by atoms with Gasteiger partial charge in [-0.1, -0.05) is 15.9 Å². The molecule has 2 N–H and O–H groups in total. The molecule has 100 valence electrons. The first-order chi connectivity index (χ1) is 8.54. The third-order valence-electron chi connectivity index (χ3n) is 2.41. The first-order valence-electron chi connectivity index (χ1n) is 5.81. The van der Waals surface area contributed by atoms with Crippen LogP contribution in [-0.4, -0.2) is 25.7 Å². The summed E-state index contributed by atoms with van der Waals surface area (Å²) in [6.07, 6.45) is 1.74. The second kappa shape index (κ2) is 7.38. The fourth-order valence-electron chi connectivity index (χ4n) is 1.48. The fraction of sp³-hybridized carbons (Fsp3) is 0.462. The summed E-state index contributed by atoms with van der Waals surface area (Å²) in [5.41, 5.74) is 6.09. The minimum Gasteiger partial charge on any atom is -0.493 e. The molecule has 0 aliphatic rings. The lowest BCUT2D eigenvalue weighted by molar-refractivity contribution is 0.0596. The van der Waals surface area contributed by atoms with E-state index in [1.54, 1.807) is 18.2 Å². The molecule has 4 nitrogen and oxygen atoms in total. The van der Waals surface area contributed by atoms with Crippen LogP contribution in [0.5, 0.6) is 5.75 Å². The van der Waals surface area contributed by atoms with Gasteiger partial charge in [-0.3, -0.25) is 0 Å². The standard InChI is InChI=1S/C13H18BrNO3/c1-9(15)4-3-7-18-12-8-10(14)5-6-11(12)13(16)17-2/h5-6,8-9H,3-4,7,15H2,1-2H3. The zero-order valence-corrected chi connectivity index (χ0v) is 12.2. The number of rotatable bonds is 6. The van der Waals surface area contributed by atoms with Crippen LogP contribution in [0.2, 0.25) is 0 Å². The van der Waals surface area contributed by atoms with E-state index in [1.165, 1.54) is 7.11 Å². The quantitative estimate of drug-likeness (QED) is 0.647. The van der Waals surface area contributed by atoms with Crippen molar-refractivity contribution in [3.05, 3.63) is 28.2 Å². The molecular formula is C13H18BrNO3. The highest BCUT2D eigenvalue weighted by atomic mass is 79.9. The molecule has 0 aromatic heterocycles. The summed E-state index contributed by atoms with van der Waals surface area (Å²) in [5, 5.41) is 0. The Bertz CT molecular complexity index is 407. The van der Waals surface area contributed by atoms with Crippen LogP contribution < -0.4 is 10.5 Å². The van der Waals surface area contributed by atoms with Gasteiger partial charge in [0, 0.05) is 10.5 Å². The highest BCUT2D eigenvalue weighted by Crippen LogP contribution is 2.24. The smallest absolute Gasteiger partial charge is 0.341 e. The molecule has 5 heteroatoms. The van der Waals surface area contributed by atoms with Gasteiger partial charge >= 0.3 is 5.97 Å². The second-order valence-electron chi connectivity index (χ2n) is 4.10. The summed E-state index contributed by atoms with van der Waals surface area (Å²) in [6.45, 7) is 2.49. The molecule has 0 heterocycles. The Morgan fingerprint density at radius 3 is 2.83 bits per heavy atom. The molecule has 1 aromatic carbocycles. The van der Waals surface area contributed by atoms with Gasteiger partial charge in [-0.15, -0.1) is 0 Å². The number of halogens is 1. The number of ether oxygens (including phenoxy) is 2. The average Bonchev–Trinajstić information content (AvgIpc) is 2.33. The lowest BCUT2D eigenvalue weighted by atomic mass is 10.2. The van der Waals surface area contributed by atoms with Crippen molar-refractivity contribution in [2.45, 2.75) is 25.8 Å². The van der Waals surface area contributed by atoms with Crippen LogP contribution in [-0.2, 0) is 4.74 Å². The Labute approximate surface area is 116 Å². The van der Waals surface area contributed by atoms with E-state index in [4.69, 9.17) is 15.2 Å². The van der Waals surface area contributed by atoms with Crippen molar-refractivity contribution >= 4 is 21.9 Å². The van der Waals surface area contributed by atoms with Crippen molar-refractivity contribution in [1.29, 1.82) is 0 Å². The van der Waals surface area contributed by atoms with Crippen molar-refractivity contribution in [3.63, 3.8) is 0 Å². The molecule has 0 saturated heterocycles. The van der Waals surface area contributed by atoms with E-state index in [0.29, 0.717) is 17.9 Å². The summed E-state index contributed by atoms with van der Waals surface area (Å²) in [6, 6.07) is 5.38. The predicted molar refractivity (Wildman–Crippen MR) is 73.9 cm³/mol. The molecule has 0 fully saturated rings. The van der Waals surface area contributed by atoms with Crippen LogP contribution in [0.1, 0.15) is 30.1 Å². The zero-order valence-electron chi connectivity index (χ0n) is 10.6. The molecular weight excluding hydrogens is 298 g/mol. The van der Waals surface area contributed by atoms with E-state index in [2.05, 4.69) is 15.9 Å². The molecule has 0 radical (unpaired) electrons. The summed E-state index contributed by atoms with van der Waals surface area (Å²) < 4.78 is 11.2. The summed E-state index contributed by atoms with van der Waals surface area (Å²) in [4.78, 5) is 11.5. The van der Waals surface area contributed by atoms with E-state index in [1.807, 2.05) is 6.92 Å². The Morgan fingerprint density at radius 2 is 2.22 bits per heavy atom. The van der Waals surface area contributed by atoms with Gasteiger partial charge < -0.3 is 15.2 Å². The summed E-state index contributed by atoms with van der Waals surface area (Å²) in [5.74, 6) is 0.130. The molecule has 0 spiro atoms. The zero-order chi connectivity index (χ0) is 13.5. The average molecular weight is 316 g/mol. The van der Waals surface area contributed by atoms with E-state index in [-0.39, 0.29) is 6.04 Å². The number of carbonyl (C=O) groups excluding carboxylic acids is 1. The molecule has 0 bridgehead atoms. The largest absolute Gasteiger partial charge is 0.493 e. The van der Waals surface area contributed by atoms with Gasteiger partial charge in [0.25, 0.3) is 0 Å². The van der Waals surface area contributed by atoms with Gasteiger partial charge in [-0.25, -0.2) is 4.79 Å². The maximum atomic E-state index is 11.5. The highest BCUT2D eigenvalue weighted by molar-refractivity contribution is 9.10. The Hall–Kier alpha value is -1.07. The monoisotopic (exact) mass is 315 g/mol. The van der Waals surface area contributed by atoms with Crippen LogP contribution in [0.15, 0.2) is 22.7 Å².